The number of hydrogen-bond donors (Lipinski definition) is 1. The number of anilines is 1. The minimum atomic E-state index is -4.37. The topological polar surface area (TPSA) is 35.2 Å². The molecule has 0 bridgehead atoms. The minimum absolute atomic E-state index is 0.0531. The molecule has 0 saturated carbocycles. The molecule has 5 heteroatoms. The molecule has 1 aromatic carbocycles. The Morgan fingerprint density at radius 1 is 1.29 bits per heavy atom. The van der Waals surface area contributed by atoms with Gasteiger partial charge in [-0.15, -0.1) is 0 Å². The number of nitrogen functional groups attached to an aromatic ring is 1. The molecule has 2 N–H and O–H groups in total. The lowest BCUT2D eigenvalue weighted by molar-refractivity contribution is -0.189. The van der Waals surface area contributed by atoms with E-state index in [1.54, 1.807) is 12.1 Å². The van der Waals surface area contributed by atoms with Crippen LogP contribution in [0.2, 0.25) is 0 Å². The summed E-state index contributed by atoms with van der Waals surface area (Å²) in [6.07, 6.45) is -6.23. The Kier molecular flexibility index (Phi) is 2.88. The number of para-hydroxylation sites is 2. The highest BCUT2D eigenvalue weighted by atomic mass is 19.4. The molecule has 0 heterocycles. The van der Waals surface area contributed by atoms with Crippen LogP contribution < -0.4 is 10.5 Å². The van der Waals surface area contributed by atoms with Gasteiger partial charge in [0.15, 0.2) is 6.10 Å². The van der Waals surface area contributed by atoms with Gasteiger partial charge in [0.1, 0.15) is 5.75 Å². The third-order valence-corrected chi connectivity index (χ3v) is 1.68. The van der Waals surface area contributed by atoms with Crippen LogP contribution in [0.1, 0.15) is 6.92 Å². The van der Waals surface area contributed by atoms with Gasteiger partial charge in [0.2, 0.25) is 0 Å². The van der Waals surface area contributed by atoms with Crippen molar-refractivity contribution in [1.29, 1.82) is 0 Å². The zero-order valence-corrected chi connectivity index (χ0v) is 7.51. The molecule has 1 rings (SSSR count). The number of benzene rings is 1. The second-order valence-electron chi connectivity index (χ2n) is 2.84. The SMILES string of the molecule is C[C@@H](Oc1ccccc1N)C(F)(F)F. The first-order valence-corrected chi connectivity index (χ1v) is 3.99. The fourth-order valence-electron chi connectivity index (χ4n) is 0.845. The number of halogens is 3. The molecule has 0 aliphatic carbocycles. The van der Waals surface area contributed by atoms with Gasteiger partial charge in [0.05, 0.1) is 5.69 Å². The largest absolute Gasteiger partial charge is 0.479 e. The molecule has 2 nitrogen and oxygen atoms in total. The summed E-state index contributed by atoms with van der Waals surface area (Å²) < 4.78 is 41.0. The number of hydrogen-bond acceptors (Lipinski definition) is 2. The van der Waals surface area contributed by atoms with Crippen LogP contribution >= 0.6 is 0 Å². The first-order chi connectivity index (χ1) is 6.41. The monoisotopic (exact) mass is 205 g/mol. The molecule has 0 aromatic heterocycles. The number of rotatable bonds is 2. The summed E-state index contributed by atoms with van der Waals surface area (Å²) in [6, 6.07) is 6.07. The number of nitrogens with two attached hydrogens (primary N) is 1. The lowest BCUT2D eigenvalue weighted by atomic mass is 10.3. The summed E-state index contributed by atoms with van der Waals surface area (Å²) in [4.78, 5) is 0. The second kappa shape index (κ2) is 3.77. The zero-order valence-electron chi connectivity index (χ0n) is 7.51. The van der Waals surface area contributed by atoms with Crippen molar-refractivity contribution in [2.45, 2.75) is 19.2 Å². The normalized spacial score (nSPS) is 13.7. The van der Waals surface area contributed by atoms with Crippen LogP contribution in [0.25, 0.3) is 0 Å². The first kappa shape index (κ1) is 10.7. The quantitative estimate of drug-likeness (QED) is 0.753. The van der Waals surface area contributed by atoms with E-state index in [2.05, 4.69) is 4.74 Å². The fraction of sp³-hybridized carbons (Fsp3) is 0.333. The van der Waals surface area contributed by atoms with E-state index in [1.807, 2.05) is 0 Å². The van der Waals surface area contributed by atoms with Crippen LogP contribution in [0.15, 0.2) is 24.3 Å². The molecule has 14 heavy (non-hydrogen) atoms. The Morgan fingerprint density at radius 3 is 2.36 bits per heavy atom. The van der Waals surface area contributed by atoms with E-state index in [0.29, 0.717) is 0 Å². The van der Waals surface area contributed by atoms with Gasteiger partial charge in [-0.2, -0.15) is 13.2 Å². The first-order valence-electron chi connectivity index (χ1n) is 3.99. The molecule has 0 aliphatic rings. The summed E-state index contributed by atoms with van der Waals surface area (Å²) in [6.45, 7) is 0.937. The highest BCUT2D eigenvalue weighted by Crippen LogP contribution is 2.27. The van der Waals surface area contributed by atoms with Gasteiger partial charge in [-0.05, 0) is 19.1 Å². The zero-order chi connectivity index (χ0) is 10.8. The van der Waals surface area contributed by atoms with Crippen LogP contribution in [0, 0.1) is 0 Å². The summed E-state index contributed by atoms with van der Waals surface area (Å²) >= 11 is 0. The molecule has 78 valence electrons. The molecule has 0 saturated heterocycles. The molecule has 0 amide bonds. The van der Waals surface area contributed by atoms with Crippen molar-refractivity contribution in [2.75, 3.05) is 5.73 Å². The summed E-state index contributed by atoms with van der Waals surface area (Å²) in [7, 11) is 0. The van der Waals surface area contributed by atoms with Gasteiger partial charge in [-0.25, -0.2) is 0 Å². The average molecular weight is 205 g/mol. The number of alkyl halides is 3. The van der Waals surface area contributed by atoms with Crippen molar-refractivity contribution in [2.24, 2.45) is 0 Å². The molecule has 1 aromatic rings. The van der Waals surface area contributed by atoms with Gasteiger partial charge in [0.25, 0.3) is 0 Å². The van der Waals surface area contributed by atoms with Crippen molar-refractivity contribution in [3.8, 4) is 5.75 Å². The third-order valence-electron chi connectivity index (χ3n) is 1.68. The van der Waals surface area contributed by atoms with Crippen LogP contribution in [-0.4, -0.2) is 12.3 Å². The predicted molar refractivity (Wildman–Crippen MR) is 47.0 cm³/mol. The summed E-state index contributed by atoms with van der Waals surface area (Å²) in [5.41, 5.74) is 5.62. The predicted octanol–water partition coefficient (Wildman–Crippen LogP) is 2.60. The van der Waals surface area contributed by atoms with Crippen LogP contribution in [0.3, 0.4) is 0 Å². The van der Waals surface area contributed by atoms with Crippen molar-refractivity contribution in [3.05, 3.63) is 24.3 Å². The highest BCUT2D eigenvalue weighted by molar-refractivity contribution is 5.51. The minimum Gasteiger partial charge on any atom is -0.479 e. The fourth-order valence-corrected chi connectivity index (χ4v) is 0.845. The maximum absolute atomic E-state index is 12.1. The Balaban J connectivity index is 2.75. The van der Waals surface area contributed by atoms with E-state index in [9.17, 15) is 13.2 Å². The van der Waals surface area contributed by atoms with Gasteiger partial charge in [-0.3, -0.25) is 0 Å². The lowest BCUT2D eigenvalue weighted by Crippen LogP contribution is -2.31. The third kappa shape index (κ3) is 2.55. The molecule has 0 unspecified atom stereocenters. The smallest absolute Gasteiger partial charge is 0.425 e. The molecular weight excluding hydrogens is 195 g/mol. The molecule has 0 aliphatic heterocycles. The Bertz CT molecular complexity index is 311. The molecule has 0 radical (unpaired) electrons. The van der Waals surface area contributed by atoms with Crippen LogP contribution in [0.4, 0.5) is 18.9 Å². The van der Waals surface area contributed by atoms with E-state index in [4.69, 9.17) is 5.73 Å². The Hall–Kier alpha value is -1.39. The maximum Gasteiger partial charge on any atom is 0.425 e. The average Bonchev–Trinajstić information content (AvgIpc) is 2.07. The van der Waals surface area contributed by atoms with Crippen molar-refractivity contribution in [1.82, 2.24) is 0 Å². The van der Waals surface area contributed by atoms with Crippen molar-refractivity contribution >= 4 is 5.69 Å². The van der Waals surface area contributed by atoms with E-state index in [0.717, 1.165) is 6.92 Å². The molecule has 0 spiro atoms. The second-order valence-corrected chi connectivity index (χ2v) is 2.84. The van der Waals surface area contributed by atoms with Crippen molar-refractivity contribution in [3.63, 3.8) is 0 Å². The van der Waals surface area contributed by atoms with E-state index >= 15 is 0 Å². The van der Waals surface area contributed by atoms with Gasteiger partial charge in [0, 0.05) is 0 Å². The highest BCUT2D eigenvalue weighted by Gasteiger charge is 2.38. The lowest BCUT2D eigenvalue weighted by Gasteiger charge is -2.18. The maximum atomic E-state index is 12.1. The van der Waals surface area contributed by atoms with E-state index < -0.39 is 12.3 Å². The van der Waals surface area contributed by atoms with Crippen molar-refractivity contribution < 1.29 is 17.9 Å². The van der Waals surface area contributed by atoms with Gasteiger partial charge >= 0.3 is 6.18 Å². The van der Waals surface area contributed by atoms with Crippen LogP contribution in [-0.2, 0) is 0 Å². The molecule has 0 fully saturated rings. The van der Waals surface area contributed by atoms with E-state index in [1.165, 1.54) is 12.1 Å². The summed E-state index contributed by atoms with van der Waals surface area (Å²) in [5, 5.41) is 0. The van der Waals surface area contributed by atoms with E-state index in [-0.39, 0.29) is 11.4 Å². The van der Waals surface area contributed by atoms with Gasteiger partial charge in [-0.1, -0.05) is 12.1 Å². The number of ether oxygens (including phenoxy) is 1. The van der Waals surface area contributed by atoms with Gasteiger partial charge < -0.3 is 10.5 Å². The molecular formula is C9H10F3NO. The standard InChI is InChI=1S/C9H10F3NO/c1-6(9(10,11)12)14-8-5-3-2-4-7(8)13/h2-6H,13H2,1H3/t6-/m1/s1. The van der Waals surface area contributed by atoms with Crippen LogP contribution in [0.5, 0.6) is 5.75 Å². The summed E-state index contributed by atoms with van der Waals surface area (Å²) in [5.74, 6) is 0.0531. The molecule has 1 atom stereocenters. The Labute approximate surface area is 79.5 Å². The Morgan fingerprint density at radius 2 is 1.86 bits per heavy atom.